The number of anilines is 1. The Morgan fingerprint density at radius 1 is 1.11 bits per heavy atom. The molecule has 2 aromatic carbocycles. The smallest absolute Gasteiger partial charge is 0.342 e. The van der Waals surface area contributed by atoms with Gasteiger partial charge in [0.15, 0.2) is 6.61 Å². The molecule has 0 aliphatic carbocycles. The maximum absolute atomic E-state index is 12.2. The monoisotopic (exact) mass is 392 g/mol. The highest BCUT2D eigenvalue weighted by atomic mass is 35.5. The van der Waals surface area contributed by atoms with Crippen LogP contribution in [0.1, 0.15) is 15.9 Å². The number of hydrogen-bond acceptors (Lipinski definition) is 6. The molecule has 0 bridgehead atoms. The van der Waals surface area contributed by atoms with Crippen LogP contribution in [-0.4, -0.2) is 39.2 Å². The van der Waals surface area contributed by atoms with Crippen LogP contribution in [0.4, 0.5) is 5.69 Å². The summed E-state index contributed by atoms with van der Waals surface area (Å²) in [6.45, 7) is -0.0380. The van der Waals surface area contributed by atoms with Crippen molar-refractivity contribution in [2.24, 2.45) is 0 Å². The van der Waals surface area contributed by atoms with Crippen molar-refractivity contribution in [1.82, 2.24) is 5.32 Å². The first kappa shape index (κ1) is 20.4. The number of esters is 1. The van der Waals surface area contributed by atoms with Gasteiger partial charge in [-0.1, -0.05) is 29.8 Å². The lowest BCUT2D eigenvalue weighted by atomic mass is 10.1. The molecule has 0 atom stereocenters. The minimum absolute atomic E-state index is 0.0959. The van der Waals surface area contributed by atoms with E-state index in [2.05, 4.69) is 5.32 Å². The van der Waals surface area contributed by atoms with E-state index in [9.17, 15) is 9.59 Å². The van der Waals surface area contributed by atoms with E-state index in [0.29, 0.717) is 13.0 Å². The van der Waals surface area contributed by atoms with E-state index in [4.69, 9.17) is 31.5 Å². The van der Waals surface area contributed by atoms with E-state index in [-0.39, 0.29) is 22.0 Å². The first-order chi connectivity index (χ1) is 13.0. The fraction of sp³-hybridized carbons (Fsp3) is 0.263. The van der Waals surface area contributed by atoms with Crippen LogP contribution >= 0.6 is 11.6 Å². The van der Waals surface area contributed by atoms with Crippen molar-refractivity contribution in [2.45, 2.75) is 6.42 Å². The maximum atomic E-state index is 12.2. The van der Waals surface area contributed by atoms with E-state index in [1.54, 1.807) is 7.11 Å². The molecular weight excluding hydrogens is 372 g/mol. The second-order valence-electron chi connectivity index (χ2n) is 5.56. The third kappa shape index (κ3) is 5.52. The molecule has 0 radical (unpaired) electrons. The van der Waals surface area contributed by atoms with Crippen molar-refractivity contribution in [3.05, 3.63) is 52.5 Å². The Hall–Kier alpha value is -2.93. The van der Waals surface area contributed by atoms with Gasteiger partial charge in [0.1, 0.15) is 17.1 Å². The molecule has 27 heavy (non-hydrogen) atoms. The molecule has 0 heterocycles. The van der Waals surface area contributed by atoms with E-state index in [1.165, 1.54) is 19.2 Å². The molecule has 0 spiro atoms. The largest absolute Gasteiger partial charge is 0.496 e. The predicted molar refractivity (Wildman–Crippen MR) is 102 cm³/mol. The van der Waals surface area contributed by atoms with Gasteiger partial charge < -0.3 is 25.3 Å². The van der Waals surface area contributed by atoms with Gasteiger partial charge in [-0.05, 0) is 24.1 Å². The number of carbonyl (C=O) groups excluding carboxylic acids is 2. The Kier molecular flexibility index (Phi) is 7.31. The second-order valence-corrected chi connectivity index (χ2v) is 5.97. The molecule has 0 aliphatic rings. The average Bonchev–Trinajstić information content (AvgIpc) is 2.68. The van der Waals surface area contributed by atoms with Gasteiger partial charge in [-0.2, -0.15) is 0 Å². The first-order valence-electron chi connectivity index (χ1n) is 8.15. The molecule has 144 valence electrons. The molecule has 2 rings (SSSR count). The number of nitrogens with two attached hydrogens (primary N) is 1. The third-order valence-corrected chi connectivity index (χ3v) is 4.11. The number of carbonyl (C=O) groups is 2. The predicted octanol–water partition coefficient (Wildman–Crippen LogP) is 2.46. The number of rotatable bonds is 8. The summed E-state index contributed by atoms with van der Waals surface area (Å²) in [6.07, 6.45) is 0.588. The van der Waals surface area contributed by atoms with Crippen LogP contribution in [-0.2, 0) is 16.0 Å². The Morgan fingerprint density at radius 2 is 1.81 bits per heavy atom. The zero-order valence-electron chi connectivity index (χ0n) is 15.1. The molecule has 0 unspecified atom stereocenters. The van der Waals surface area contributed by atoms with Crippen LogP contribution in [0.5, 0.6) is 11.5 Å². The molecule has 3 N–H and O–H groups in total. The summed E-state index contributed by atoms with van der Waals surface area (Å²) in [5, 5.41) is 2.89. The van der Waals surface area contributed by atoms with E-state index < -0.39 is 18.5 Å². The van der Waals surface area contributed by atoms with Crippen LogP contribution in [0, 0.1) is 0 Å². The minimum Gasteiger partial charge on any atom is -0.496 e. The van der Waals surface area contributed by atoms with Crippen LogP contribution in [0.15, 0.2) is 36.4 Å². The van der Waals surface area contributed by atoms with Gasteiger partial charge in [-0.25, -0.2) is 4.79 Å². The normalized spacial score (nSPS) is 10.2. The molecule has 7 nitrogen and oxygen atoms in total. The van der Waals surface area contributed by atoms with Crippen LogP contribution < -0.4 is 20.5 Å². The number of nitrogen functional groups attached to an aromatic ring is 1. The molecule has 0 saturated heterocycles. The number of benzene rings is 2. The zero-order chi connectivity index (χ0) is 19.8. The molecule has 1 amide bonds. The van der Waals surface area contributed by atoms with Crippen LogP contribution in [0.2, 0.25) is 5.02 Å². The highest BCUT2D eigenvalue weighted by molar-refractivity contribution is 6.33. The minimum atomic E-state index is -0.728. The van der Waals surface area contributed by atoms with Gasteiger partial charge in [-0.3, -0.25) is 4.79 Å². The lowest BCUT2D eigenvalue weighted by Gasteiger charge is -2.11. The molecule has 2 aromatic rings. The summed E-state index contributed by atoms with van der Waals surface area (Å²) < 4.78 is 15.4. The van der Waals surface area contributed by atoms with E-state index in [1.807, 2.05) is 24.3 Å². The molecule has 8 heteroatoms. The van der Waals surface area contributed by atoms with Gasteiger partial charge in [-0.15, -0.1) is 0 Å². The molecule has 0 fully saturated rings. The second kappa shape index (κ2) is 9.68. The van der Waals surface area contributed by atoms with Gasteiger partial charge in [0.2, 0.25) is 0 Å². The zero-order valence-corrected chi connectivity index (χ0v) is 15.8. The fourth-order valence-corrected chi connectivity index (χ4v) is 2.57. The van der Waals surface area contributed by atoms with Crippen molar-refractivity contribution in [1.29, 1.82) is 0 Å². The third-order valence-electron chi connectivity index (χ3n) is 3.78. The summed E-state index contributed by atoms with van der Waals surface area (Å²) in [5.74, 6) is -0.170. The first-order valence-corrected chi connectivity index (χ1v) is 8.52. The Bertz CT molecular complexity index is 826. The summed E-state index contributed by atoms with van der Waals surface area (Å²) in [7, 11) is 2.98. The molecule has 0 aliphatic heterocycles. The number of methoxy groups -OCH3 is 2. The van der Waals surface area contributed by atoms with Gasteiger partial charge >= 0.3 is 5.97 Å². The highest BCUT2D eigenvalue weighted by Gasteiger charge is 2.17. The lowest BCUT2D eigenvalue weighted by molar-refractivity contribution is -0.124. The Balaban J connectivity index is 1.85. The highest BCUT2D eigenvalue weighted by Crippen LogP contribution is 2.29. The summed E-state index contributed by atoms with van der Waals surface area (Å²) in [4.78, 5) is 24.1. The molecular formula is C19H21ClN2O5. The number of amides is 1. The van der Waals surface area contributed by atoms with Crippen molar-refractivity contribution in [2.75, 3.05) is 33.1 Å². The van der Waals surface area contributed by atoms with Crippen LogP contribution in [0.25, 0.3) is 0 Å². The van der Waals surface area contributed by atoms with Gasteiger partial charge in [0.25, 0.3) is 5.91 Å². The summed E-state index contributed by atoms with van der Waals surface area (Å²) in [6, 6.07) is 10.3. The summed E-state index contributed by atoms with van der Waals surface area (Å²) >= 11 is 5.92. The number of ether oxygens (including phenoxy) is 3. The van der Waals surface area contributed by atoms with Crippen LogP contribution in [0.3, 0.4) is 0 Å². The SMILES string of the molecule is COc1ccccc1CCNC(=O)COC(=O)c1cc(Cl)c(N)cc1OC. The lowest BCUT2D eigenvalue weighted by Crippen LogP contribution is -2.30. The number of para-hydroxylation sites is 1. The van der Waals surface area contributed by atoms with Crippen molar-refractivity contribution < 1.29 is 23.8 Å². The van der Waals surface area contributed by atoms with E-state index >= 15 is 0 Å². The topological polar surface area (TPSA) is 99.9 Å². The van der Waals surface area contributed by atoms with Crippen molar-refractivity contribution >= 4 is 29.2 Å². The van der Waals surface area contributed by atoms with E-state index in [0.717, 1.165) is 11.3 Å². The molecule has 0 aromatic heterocycles. The van der Waals surface area contributed by atoms with Gasteiger partial charge in [0, 0.05) is 12.6 Å². The fourth-order valence-electron chi connectivity index (χ4n) is 2.40. The van der Waals surface area contributed by atoms with Gasteiger partial charge in [0.05, 0.1) is 24.9 Å². The molecule has 0 saturated carbocycles. The van der Waals surface area contributed by atoms with Crippen molar-refractivity contribution in [3.8, 4) is 11.5 Å². The Morgan fingerprint density at radius 3 is 2.52 bits per heavy atom. The standard InChI is InChI=1S/C19H21ClN2O5/c1-25-16-6-4-3-5-12(16)7-8-22-18(23)11-27-19(24)13-9-14(20)15(21)10-17(13)26-2/h3-6,9-10H,7-8,11,21H2,1-2H3,(H,22,23). The average molecular weight is 393 g/mol. The van der Waals surface area contributed by atoms with Crippen molar-refractivity contribution in [3.63, 3.8) is 0 Å². The quantitative estimate of drug-likeness (QED) is 0.528. The number of nitrogens with one attached hydrogen (secondary N) is 1. The summed E-state index contributed by atoms with van der Waals surface area (Å²) in [5.41, 5.74) is 7.02. The Labute approximate surface area is 162 Å². The number of halogens is 1. The maximum Gasteiger partial charge on any atom is 0.342 e. The number of hydrogen-bond donors (Lipinski definition) is 2.